The second-order valence-electron chi connectivity index (χ2n) is 3.16. The standard InChI is InChI=1S/C8H11N3O3/c1-6(2)9-7-5-10(12)4-3-8(7)11(13)14/h3-6,9H,1-2H3. The molecule has 0 unspecified atom stereocenters. The summed E-state index contributed by atoms with van der Waals surface area (Å²) in [5, 5.41) is 24.3. The molecule has 0 radical (unpaired) electrons. The fourth-order valence-electron chi connectivity index (χ4n) is 1.05. The molecule has 1 N–H and O–H groups in total. The molecule has 0 saturated carbocycles. The fraction of sp³-hybridized carbons (Fsp3) is 0.375. The predicted octanol–water partition coefficient (Wildman–Crippen LogP) is 1.05. The molecule has 0 bridgehead atoms. The first-order valence-electron chi connectivity index (χ1n) is 4.14. The summed E-state index contributed by atoms with van der Waals surface area (Å²) >= 11 is 0. The van der Waals surface area contributed by atoms with Crippen LogP contribution in [0.1, 0.15) is 13.8 Å². The van der Waals surface area contributed by atoms with E-state index in [-0.39, 0.29) is 17.4 Å². The quantitative estimate of drug-likeness (QED) is 0.340. The SMILES string of the molecule is CC(C)Nc1c[n+]([O-])ccc1[N+](=O)[O-]. The van der Waals surface area contributed by atoms with Crippen LogP contribution >= 0.6 is 0 Å². The van der Waals surface area contributed by atoms with Gasteiger partial charge >= 0.3 is 5.69 Å². The second kappa shape index (κ2) is 3.91. The van der Waals surface area contributed by atoms with Crippen molar-refractivity contribution in [3.8, 4) is 0 Å². The normalized spacial score (nSPS) is 10.2. The van der Waals surface area contributed by atoms with Crippen LogP contribution in [-0.4, -0.2) is 11.0 Å². The van der Waals surface area contributed by atoms with E-state index < -0.39 is 4.92 Å². The first-order valence-corrected chi connectivity index (χ1v) is 4.14. The van der Waals surface area contributed by atoms with Gasteiger partial charge in [-0.1, -0.05) is 0 Å². The van der Waals surface area contributed by atoms with Gasteiger partial charge in [0.25, 0.3) is 0 Å². The minimum Gasteiger partial charge on any atom is -0.619 e. The lowest BCUT2D eigenvalue weighted by molar-refractivity contribution is -0.605. The highest BCUT2D eigenvalue weighted by Gasteiger charge is 2.17. The molecule has 0 aliphatic carbocycles. The van der Waals surface area contributed by atoms with E-state index in [1.54, 1.807) is 0 Å². The molecule has 76 valence electrons. The van der Waals surface area contributed by atoms with Gasteiger partial charge in [0, 0.05) is 6.04 Å². The average Bonchev–Trinajstić information content (AvgIpc) is 2.01. The van der Waals surface area contributed by atoms with Gasteiger partial charge in [0.05, 0.1) is 11.0 Å². The van der Waals surface area contributed by atoms with Gasteiger partial charge in [0.15, 0.2) is 11.9 Å². The Kier molecular flexibility index (Phi) is 2.85. The van der Waals surface area contributed by atoms with E-state index in [4.69, 9.17) is 0 Å². The molecule has 1 aromatic heterocycles. The molecule has 0 amide bonds. The van der Waals surface area contributed by atoms with Crippen molar-refractivity contribution < 1.29 is 9.65 Å². The Labute approximate surface area is 80.9 Å². The molecule has 0 spiro atoms. The number of rotatable bonds is 3. The Hall–Kier alpha value is -1.85. The van der Waals surface area contributed by atoms with E-state index in [1.165, 1.54) is 6.07 Å². The lowest BCUT2D eigenvalue weighted by Gasteiger charge is -2.08. The zero-order chi connectivity index (χ0) is 10.7. The number of pyridine rings is 1. The van der Waals surface area contributed by atoms with Crippen LogP contribution in [0.2, 0.25) is 0 Å². The highest BCUT2D eigenvalue weighted by Crippen LogP contribution is 2.21. The third-order valence-corrected chi connectivity index (χ3v) is 1.55. The van der Waals surface area contributed by atoms with Crippen LogP contribution in [0.25, 0.3) is 0 Å². The van der Waals surface area contributed by atoms with Crippen molar-refractivity contribution in [2.24, 2.45) is 0 Å². The van der Waals surface area contributed by atoms with E-state index in [0.717, 1.165) is 12.4 Å². The molecule has 1 aromatic rings. The van der Waals surface area contributed by atoms with Gasteiger partial charge in [0.2, 0.25) is 6.20 Å². The number of nitro groups is 1. The van der Waals surface area contributed by atoms with E-state index in [1.807, 2.05) is 13.8 Å². The Morgan fingerprint density at radius 1 is 1.57 bits per heavy atom. The molecule has 1 rings (SSSR count). The van der Waals surface area contributed by atoms with Gasteiger partial charge < -0.3 is 10.5 Å². The molecule has 0 aliphatic rings. The summed E-state index contributed by atoms with van der Waals surface area (Å²) in [6.45, 7) is 3.68. The van der Waals surface area contributed by atoms with Gasteiger partial charge in [-0.3, -0.25) is 10.1 Å². The molecule has 6 nitrogen and oxygen atoms in total. The molecular weight excluding hydrogens is 186 g/mol. The molecule has 0 aliphatic heterocycles. The maximum atomic E-state index is 10.9. The number of anilines is 1. The number of hydrogen-bond acceptors (Lipinski definition) is 4. The van der Waals surface area contributed by atoms with Crippen molar-refractivity contribution in [1.82, 2.24) is 0 Å². The van der Waals surface area contributed by atoms with Crippen LogP contribution in [0.15, 0.2) is 18.5 Å². The van der Waals surface area contributed by atoms with Gasteiger partial charge in [0.1, 0.15) is 0 Å². The summed E-state index contributed by atoms with van der Waals surface area (Å²) < 4.78 is 0.526. The molecular formula is C8H11N3O3. The molecule has 0 fully saturated rings. The summed E-state index contributed by atoms with van der Waals surface area (Å²) in [5.41, 5.74) is 0.147. The zero-order valence-corrected chi connectivity index (χ0v) is 7.93. The summed E-state index contributed by atoms with van der Waals surface area (Å²) in [5.74, 6) is 0. The Morgan fingerprint density at radius 2 is 2.21 bits per heavy atom. The molecule has 0 aromatic carbocycles. The summed E-state index contributed by atoms with van der Waals surface area (Å²) in [7, 11) is 0. The lowest BCUT2D eigenvalue weighted by atomic mass is 10.3. The largest absolute Gasteiger partial charge is 0.619 e. The first kappa shape index (κ1) is 10.2. The maximum Gasteiger partial charge on any atom is 0.304 e. The van der Waals surface area contributed by atoms with Crippen molar-refractivity contribution in [2.45, 2.75) is 19.9 Å². The van der Waals surface area contributed by atoms with Gasteiger partial charge in [-0.15, -0.1) is 0 Å². The summed E-state index contributed by atoms with van der Waals surface area (Å²) in [6, 6.07) is 1.22. The highest BCUT2D eigenvalue weighted by atomic mass is 16.6. The third kappa shape index (κ3) is 2.32. The fourth-order valence-corrected chi connectivity index (χ4v) is 1.05. The monoisotopic (exact) mass is 197 g/mol. The Balaban J connectivity index is 3.09. The summed E-state index contributed by atoms with van der Waals surface area (Å²) in [4.78, 5) is 10.0. The molecule has 6 heteroatoms. The van der Waals surface area contributed by atoms with Crippen LogP contribution in [0.5, 0.6) is 0 Å². The second-order valence-corrected chi connectivity index (χ2v) is 3.16. The lowest BCUT2D eigenvalue weighted by Crippen LogP contribution is -2.26. The van der Waals surface area contributed by atoms with Crippen molar-refractivity contribution in [3.05, 3.63) is 33.8 Å². The van der Waals surface area contributed by atoms with Crippen LogP contribution in [-0.2, 0) is 0 Å². The molecule has 1 heterocycles. The van der Waals surface area contributed by atoms with Crippen molar-refractivity contribution in [2.75, 3.05) is 5.32 Å². The van der Waals surface area contributed by atoms with E-state index in [2.05, 4.69) is 5.32 Å². The molecule has 0 atom stereocenters. The third-order valence-electron chi connectivity index (χ3n) is 1.55. The van der Waals surface area contributed by atoms with Gasteiger partial charge in [-0.05, 0) is 13.8 Å². The topological polar surface area (TPSA) is 82.1 Å². The highest BCUT2D eigenvalue weighted by molar-refractivity contribution is 5.58. The molecule has 14 heavy (non-hydrogen) atoms. The zero-order valence-electron chi connectivity index (χ0n) is 7.93. The van der Waals surface area contributed by atoms with Crippen LogP contribution in [0.4, 0.5) is 11.4 Å². The minimum absolute atomic E-state index is 0.0381. The Morgan fingerprint density at radius 3 is 2.71 bits per heavy atom. The molecule has 0 saturated heterocycles. The van der Waals surface area contributed by atoms with Crippen LogP contribution < -0.4 is 10.0 Å². The van der Waals surface area contributed by atoms with Crippen molar-refractivity contribution in [3.63, 3.8) is 0 Å². The maximum absolute atomic E-state index is 10.9. The van der Waals surface area contributed by atoms with Crippen LogP contribution in [0, 0.1) is 15.3 Å². The van der Waals surface area contributed by atoms with Crippen molar-refractivity contribution in [1.29, 1.82) is 0 Å². The predicted molar refractivity (Wildman–Crippen MR) is 50.8 cm³/mol. The number of aromatic nitrogens is 1. The number of hydrogen-bond donors (Lipinski definition) is 1. The smallest absolute Gasteiger partial charge is 0.304 e. The van der Waals surface area contributed by atoms with Crippen molar-refractivity contribution >= 4 is 11.4 Å². The number of nitrogens with one attached hydrogen (secondary N) is 1. The number of nitrogens with zero attached hydrogens (tertiary/aromatic N) is 2. The Bertz CT molecular complexity index is 352. The van der Waals surface area contributed by atoms with Crippen LogP contribution in [0.3, 0.4) is 0 Å². The van der Waals surface area contributed by atoms with E-state index in [9.17, 15) is 15.3 Å². The van der Waals surface area contributed by atoms with E-state index >= 15 is 0 Å². The minimum atomic E-state index is -0.523. The first-order chi connectivity index (χ1) is 6.50. The van der Waals surface area contributed by atoms with Gasteiger partial charge in [-0.2, -0.15) is 4.73 Å². The van der Waals surface area contributed by atoms with E-state index in [0.29, 0.717) is 4.73 Å². The summed E-state index contributed by atoms with van der Waals surface area (Å²) in [6.07, 6.45) is 2.25. The average molecular weight is 197 g/mol. The van der Waals surface area contributed by atoms with Gasteiger partial charge in [-0.25, -0.2) is 0 Å².